The molecule has 8 heteroatoms. The molecule has 168 valence electrons. The van der Waals surface area contributed by atoms with Gasteiger partial charge in [0, 0.05) is 28.6 Å². The zero-order valence-corrected chi connectivity index (χ0v) is 19.5. The molecule has 0 aliphatic carbocycles. The number of aromatic nitrogens is 1. The average molecular weight is 483 g/mol. The van der Waals surface area contributed by atoms with Crippen molar-refractivity contribution in [1.29, 1.82) is 0 Å². The van der Waals surface area contributed by atoms with E-state index < -0.39 is 0 Å². The predicted molar refractivity (Wildman–Crippen MR) is 130 cm³/mol. The normalized spacial score (nSPS) is 10.7. The first-order valence-electron chi connectivity index (χ1n) is 10.0. The number of amides is 1. The van der Waals surface area contributed by atoms with Gasteiger partial charge < -0.3 is 14.8 Å². The summed E-state index contributed by atoms with van der Waals surface area (Å²) >= 11 is 7.37. The highest BCUT2D eigenvalue weighted by Gasteiger charge is 2.17. The van der Waals surface area contributed by atoms with Gasteiger partial charge in [0.25, 0.3) is 0 Å². The highest BCUT2D eigenvalue weighted by atomic mass is 35.5. The summed E-state index contributed by atoms with van der Waals surface area (Å²) in [4.78, 5) is 16.5. The van der Waals surface area contributed by atoms with E-state index in [-0.39, 0.29) is 18.3 Å². The van der Waals surface area contributed by atoms with Gasteiger partial charge in [-0.15, -0.1) is 0 Å². The van der Waals surface area contributed by atoms with Crippen LogP contribution >= 0.6 is 22.9 Å². The topological polar surface area (TPSA) is 60.5 Å². The van der Waals surface area contributed by atoms with E-state index in [1.807, 2.05) is 18.2 Å². The van der Waals surface area contributed by atoms with Gasteiger partial charge >= 0.3 is 0 Å². The number of hydrogen-bond acceptors (Lipinski definition) is 5. The van der Waals surface area contributed by atoms with Gasteiger partial charge in [0.05, 0.1) is 7.11 Å². The van der Waals surface area contributed by atoms with Crippen LogP contribution in [0.4, 0.5) is 9.39 Å². The molecule has 3 aromatic carbocycles. The van der Waals surface area contributed by atoms with Crippen molar-refractivity contribution in [3.05, 3.63) is 83.1 Å². The molecule has 0 atom stereocenters. The lowest BCUT2D eigenvalue weighted by Crippen LogP contribution is -2.05. The molecule has 0 bridgehead atoms. The third-order valence-corrected chi connectivity index (χ3v) is 6.06. The Morgan fingerprint density at radius 2 is 1.79 bits per heavy atom. The molecular formula is C25H20ClFN2O3S. The van der Waals surface area contributed by atoms with Gasteiger partial charge in [0.2, 0.25) is 5.91 Å². The Kier molecular flexibility index (Phi) is 6.91. The highest BCUT2D eigenvalue weighted by Crippen LogP contribution is 2.40. The third-order valence-electron chi connectivity index (χ3n) is 4.79. The number of anilines is 1. The molecule has 1 aromatic heterocycles. The van der Waals surface area contributed by atoms with E-state index in [0.29, 0.717) is 37.8 Å². The molecule has 0 unspecified atom stereocenters. The van der Waals surface area contributed by atoms with E-state index in [0.717, 1.165) is 11.1 Å². The van der Waals surface area contributed by atoms with Crippen molar-refractivity contribution in [1.82, 2.24) is 4.98 Å². The summed E-state index contributed by atoms with van der Waals surface area (Å²) in [6.45, 7) is 1.53. The van der Waals surface area contributed by atoms with Crippen LogP contribution in [0.15, 0.2) is 66.7 Å². The lowest BCUT2D eigenvalue weighted by molar-refractivity contribution is -0.114. The van der Waals surface area contributed by atoms with Crippen molar-refractivity contribution < 1.29 is 18.7 Å². The molecule has 0 saturated carbocycles. The molecular weight excluding hydrogens is 463 g/mol. The van der Waals surface area contributed by atoms with E-state index in [2.05, 4.69) is 5.32 Å². The maximum absolute atomic E-state index is 13.9. The Balaban J connectivity index is 1.65. The lowest BCUT2D eigenvalue weighted by Gasteiger charge is -2.12. The van der Waals surface area contributed by atoms with Gasteiger partial charge in [-0.2, -0.15) is 0 Å². The van der Waals surface area contributed by atoms with E-state index in [1.54, 1.807) is 49.6 Å². The van der Waals surface area contributed by atoms with Crippen LogP contribution in [-0.4, -0.2) is 18.0 Å². The van der Waals surface area contributed by atoms with Gasteiger partial charge in [-0.3, -0.25) is 4.79 Å². The van der Waals surface area contributed by atoms with Crippen LogP contribution in [0.2, 0.25) is 5.02 Å². The Morgan fingerprint density at radius 3 is 2.48 bits per heavy atom. The van der Waals surface area contributed by atoms with Crippen molar-refractivity contribution in [2.24, 2.45) is 0 Å². The van der Waals surface area contributed by atoms with Crippen molar-refractivity contribution in [3.63, 3.8) is 0 Å². The van der Waals surface area contributed by atoms with E-state index in [1.165, 1.54) is 24.3 Å². The number of nitrogens with zero attached hydrogens (tertiary/aromatic N) is 1. The van der Waals surface area contributed by atoms with Crippen molar-refractivity contribution in [2.45, 2.75) is 13.5 Å². The van der Waals surface area contributed by atoms with Crippen LogP contribution in [0, 0.1) is 5.82 Å². The number of carbonyl (C=O) groups is 1. The van der Waals surface area contributed by atoms with Crippen molar-refractivity contribution in [2.75, 3.05) is 12.4 Å². The third kappa shape index (κ3) is 5.32. The highest BCUT2D eigenvalue weighted by molar-refractivity contribution is 7.19. The molecule has 4 rings (SSSR count). The quantitative estimate of drug-likeness (QED) is 0.314. The fourth-order valence-electron chi connectivity index (χ4n) is 3.18. The van der Waals surface area contributed by atoms with Crippen LogP contribution in [-0.2, 0) is 11.4 Å². The summed E-state index contributed by atoms with van der Waals surface area (Å²) in [5.74, 6) is 0.472. The largest absolute Gasteiger partial charge is 0.493 e. The van der Waals surface area contributed by atoms with Gasteiger partial charge in [0.1, 0.15) is 28.1 Å². The second-order valence-electron chi connectivity index (χ2n) is 7.13. The summed E-state index contributed by atoms with van der Waals surface area (Å²) < 4.78 is 25.2. The minimum atomic E-state index is -0.323. The van der Waals surface area contributed by atoms with Gasteiger partial charge in [-0.25, -0.2) is 9.37 Å². The Bertz CT molecular complexity index is 1290. The first-order chi connectivity index (χ1) is 15.9. The SMILES string of the molecule is COc1cc(-c2nc(-c3ccc(Cl)cc3)c(NC(C)=O)s2)ccc1OCc1ccccc1F. The molecule has 4 aromatic rings. The minimum Gasteiger partial charge on any atom is -0.493 e. The molecule has 5 nitrogen and oxygen atoms in total. The number of carbonyl (C=O) groups excluding carboxylic acids is 1. The fourth-order valence-corrected chi connectivity index (χ4v) is 4.34. The van der Waals surface area contributed by atoms with Crippen molar-refractivity contribution in [3.8, 4) is 33.3 Å². The Labute approximate surface area is 199 Å². The second kappa shape index (κ2) is 10.0. The fraction of sp³-hybridized carbons (Fsp3) is 0.120. The summed E-state index contributed by atoms with van der Waals surface area (Å²) in [6.07, 6.45) is 0. The number of methoxy groups -OCH3 is 1. The maximum atomic E-state index is 13.9. The van der Waals surface area contributed by atoms with Gasteiger partial charge in [0.15, 0.2) is 11.5 Å². The van der Waals surface area contributed by atoms with Crippen LogP contribution in [0.1, 0.15) is 12.5 Å². The number of ether oxygens (including phenoxy) is 2. The number of hydrogen-bond donors (Lipinski definition) is 1. The summed E-state index contributed by atoms with van der Waals surface area (Å²) in [5.41, 5.74) is 2.74. The number of benzene rings is 3. The minimum absolute atomic E-state index is 0.0764. The Hall–Kier alpha value is -3.42. The van der Waals surface area contributed by atoms with E-state index in [9.17, 15) is 9.18 Å². The van der Waals surface area contributed by atoms with E-state index >= 15 is 0 Å². The summed E-state index contributed by atoms with van der Waals surface area (Å²) in [7, 11) is 1.54. The molecule has 1 amide bonds. The van der Waals surface area contributed by atoms with Gasteiger partial charge in [-0.1, -0.05) is 53.3 Å². The van der Waals surface area contributed by atoms with Gasteiger partial charge in [-0.05, 0) is 36.4 Å². The maximum Gasteiger partial charge on any atom is 0.221 e. The predicted octanol–water partition coefficient (Wildman–Crippen LogP) is 6.82. The first-order valence-corrected chi connectivity index (χ1v) is 11.2. The lowest BCUT2D eigenvalue weighted by atomic mass is 10.1. The Morgan fingerprint density at radius 1 is 1.06 bits per heavy atom. The van der Waals surface area contributed by atoms with E-state index in [4.69, 9.17) is 26.1 Å². The number of halogens is 2. The van der Waals surface area contributed by atoms with Crippen LogP contribution in [0.3, 0.4) is 0 Å². The summed E-state index contributed by atoms with van der Waals surface area (Å²) in [5, 5.41) is 4.80. The zero-order valence-electron chi connectivity index (χ0n) is 17.9. The first kappa shape index (κ1) is 22.8. The molecule has 0 spiro atoms. The molecule has 0 fully saturated rings. The average Bonchev–Trinajstić information content (AvgIpc) is 3.22. The smallest absolute Gasteiger partial charge is 0.221 e. The standard InChI is InChI=1S/C25H20ClFN2O3S/c1-15(30)28-25-23(16-7-10-19(26)11-8-16)29-24(33-25)17-9-12-21(22(13-17)31-2)32-14-18-5-3-4-6-20(18)27/h3-13H,14H2,1-2H3,(H,28,30). The monoisotopic (exact) mass is 482 g/mol. The molecule has 1 heterocycles. The number of rotatable bonds is 7. The van der Waals surface area contributed by atoms with Crippen LogP contribution < -0.4 is 14.8 Å². The van der Waals surface area contributed by atoms with Crippen molar-refractivity contribution >= 4 is 33.8 Å². The number of thiazole rings is 1. The molecule has 0 aliphatic rings. The molecule has 0 radical (unpaired) electrons. The number of nitrogens with one attached hydrogen (secondary N) is 1. The molecule has 1 N–H and O–H groups in total. The summed E-state index contributed by atoms with van der Waals surface area (Å²) in [6, 6.07) is 19.1. The second-order valence-corrected chi connectivity index (χ2v) is 8.57. The zero-order chi connectivity index (χ0) is 23.4. The van der Waals surface area contributed by atoms with Crippen LogP contribution in [0.5, 0.6) is 11.5 Å². The molecule has 0 saturated heterocycles. The molecule has 33 heavy (non-hydrogen) atoms. The molecule has 0 aliphatic heterocycles. The van der Waals surface area contributed by atoms with Crippen LogP contribution in [0.25, 0.3) is 21.8 Å².